The van der Waals surface area contributed by atoms with E-state index in [9.17, 15) is 43.8 Å². The van der Waals surface area contributed by atoms with E-state index in [1.165, 1.54) is 0 Å². The molecule has 0 aliphatic rings. The summed E-state index contributed by atoms with van der Waals surface area (Å²) in [5.41, 5.74) is 28.9. The van der Waals surface area contributed by atoms with Crippen LogP contribution in [0.15, 0.2) is 40.4 Å². The van der Waals surface area contributed by atoms with Crippen molar-refractivity contribution in [2.45, 2.75) is 96.1 Å². The van der Waals surface area contributed by atoms with E-state index < -0.39 is 103 Å². The molecule has 23 nitrogen and oxygen atoms in total. The van der Waals surface area contributed by atoms with Crippen LogP contribution >= 0.6 is 0 Å². The van der Waals surface area contributed by atoms with Gasteiger partial charge in [-0.25, -0.2) is 0 Å². The van der Waals surface area contributed by atoms with Crippen LogP contribution in [0, 0.1) is 11.8 Å². The molecule has 23 heteroatoms. The van der Waals surface area contributed by atoms with E-state index >= 15 is 0 Å². The van der Waals surface area contributed by atoms with Crippen LogP contribution < -0.4 is 60.6 Å². The summed E-state index contributed by atoms with van der Waals surface area (Å²) in [4.78, 5) is 103. The number of guanidine groups is 2. The predicted molar refractivity (Wildman–Crippen MR) is 227 cm³/mol. The standard InChI is InChI=1S/C38H62N14O9/c1-19(2)29(51-31(56)23(39)10-7-13-44-37(40)41)36(61)50-27(18-53)34(59)52-30(20(3)4)35(60)48-25(12-8-14-45-38(42)43)33(58)49-26(32(57)47-17-28(54)55)15-21-16-46-24-11-6-5-9-22(21)24/h5-6,9,11,16,19-20,23,25-27,29-30,46,53H,7-8,10,12-15,17-18,39H2,1-4H3,(H,47,57)(H,48,60)(H,49,58)(H,50,61)(H,51,56)(H,52,59)(H,54,55)(H4,40,41,44)(H4,42,43,45). The normalized spacial score (nSPS) is 14.0. The molecular formula is C38H62N14O9. The Balaban J connectivity index is 2.26. The lowest BCUT2D eigenvalue weighted by Crippen LogP contribution is -2.61. The first-order valence-electron chi connectivity index (χ1n) is 19.8. The first kappa shape index (κ1) is 50.7. The lowest BCUT2D eigenvalue weighted by Gasteiger charge is -2.29. The molecule has 2 rings (SSSR count). The second-order valence-corrected chi connectivity index (χ2v) is 15.0. The smallest absolute Gasteiger partial charge is 0.322 e. The molecule has 1 aromatic carbocycles. The van der Waals surface area contributed by atoms with Gasteiger partial charge in [-0.05, 0) is 49.1 Å². The number of nitrogens with two attached hydrogens (primary N) is 5. The van der Waals surface area contributed by atoms with Crippen LogP contribution in [-0.2, 0) is 40.0 Å². The largest absolute Gasteiger partial charge is 0.480 e. The highest BCUT2D eigenvalue weighted by Crippen LogP contribution is 2.19. The van der Waals surface area contributed by atoms with Crippen LogP contribution in [0.25, 0.3) is 10.9 Å². The zero-order chi connectivity index (χ0) is 45.8. The summed E-state index contributed by atoms with van der Waals surface area (Å²) in [5.74, 6) is -7.50. The lowest BCUT2D eigenvalue weighted by atomic mass is 10.0. The van der Waals surface area contributed by atoms with Gasteiger partial charge in [0, 0.05) is 36.6 Å². The van der Waals surface area contributed by atoms with E-state index in [-0.39, 0.29) is 50.7 Å². The summed E-state index contributed by atoms with van der Waals surface area (Å²) in [7, 11) is 0. The Hall–Kier alpha value is -6.49. The molecule has 0 aliphatic carbocycles. The number of para-hydroxylation sites is 1. The van der Waals surface area contributed by atoms with Crippen molar-refractivity contribution < 1.29 is 43.8 Å². The highest BCUT2D eigenvalue weighted by molar-refractivity contribution is 5.97. The van der Waals surface area contributed by atoms with E-state index in [0.717, 1.165) is 10.9 Å². The van der Waals surface area contributed by atoms with Crippen LogP contribution in [0.1, 0.15) is 58.9 Å². The fraction of sp³-hybridized carbons (Fsp3) is 0.553. The molecule has 6 atom stereocenters. The number of carbonyl (C=O) groups excluding carboxylic acids is 6. The van der Waals surface area contributed by atoms with Gasteiger partial charge in [-0.15, -0.1) is 0 Å². The Kier molecular flexibility index (Phi) is 20.9. The van der Waals surface area contributed by atoms with Crippen molar-refractivity contribution in [1.82, 2.24) is 36.9 Å². The number of amides is 6. The Bertz CT molecular complexity index is 1870. The molecule has 0 bridgehead atoms. The van der Waals surface area contributed by atoms with Gasteiger partial charge in [-0.3, -0.25) is 43.5 Å². The number of aliphatic hydroxyl groups excluding tert-OH is 1. The van der Waals surface area contributed by atoms with Crippen molar-refractivity contribution in [2.24, 2.45) is 50.5 Å². The maximum absolute atomic E-state index is 13.9. The summed E-state index contributed by atoms with van der Waals surface area (Å²) >= 11 is 0. The molecule has 1 heterocycles. The number of aliphatic carboxylic acids is 1. The fourth-order valence-electron chi connectivity index (χ4n) is 6.01. The molecule has 6 amide bonds. The monoisotopic (exact) mass is 858 g/mol. The molecule has 0 saturated carbocycles. The maximum Gasteiger partial charge on any atom is 0.322 e. The fourth-order valence-corrected chi connectivity index (χ4v) is 6.01. The second kappa shape index (κ2) is 25.2. The number of carboxylic acid groups (broad SMARTS) is 1. The molecule has 0 fully saturated rings. The van der Waals surface area contributed by atoms with Gasteiger partial charge in [0.15, 0.2) is 11.9 Å². The number of fused-ring (bicyclic) bond motifs is 1. The van der Waals surface area contributed by atoms with Crippen LogP contribution in [0.5, 0.6) is 0 Å². The number of rotatable bonds is 26. The van der Waals surface area contributed by atoms with E-state index in [0.29, 0.717) is 12.0 Å². The average Bonchev–Trinajstić information content (AvgIpc) is 3.60. The molecule has 2 aromatic rings. The number of carboxylic acids is 1. The van der Waals surface area contributed by atoms with Crippen molar-refractivity contribution in [3.63, 3.8) is 0 Å². The minimum absolute atomic E-state index is 0.0405. The lowest BCUT2D eigenvalue weighted by molar-refractivity contribution is -0.138. The van der Waals surface area contributed by atoms with E-state index in [1.807, 2.05) is 18.2 Å². The van der Waals surface area contributed by atoms with Gasteiger partial charge in [-0.2, -0.15) is 0 Å². The second-order valence-electron chi connectivity index (χ2n) is 15.0. The van der Waals surface area contributed by atoms with Crippen molar-refractivity contribution >= 4 is 64.2 Å². The summed E-state index contributed by atoms with van der Waals surface area (Å²) in [6.45, 7) is 5.24. The first-order valence-corrected chi connectivity index (χ1v) is 19.8. The Morgan fingerprint density at radius 1 is 0.672 bits per heavy atom. The summed E-state index contributed by atoms with van der Waals surface area (Å²) in [5, 5.41) is 35.2. The number of carbonyl (C=O) groups is 7. The molecule has 0 saturated heterocycles. The number of aliphatic hydroxyl groups is 1. The SMILES string of the molecule is CC(C)C(NC(=O)C(N)CCCN=C(N)N)C(=O)NC(CO)C(=O)NC(C(=O)NC(CCCN=C(N)N)C(=O)NC(Cc1c[nH]c2ccccc12)C(=O)NCC(=O)O)C(C)C. The third-order valence-electron chi connectivity index (χ3n) is 9.34. The Morgan fingerprint density at radius 2 is 1.18 bits per heavy atom. The summed E-state index contributed by atoms with van der Waals surface area (Å²) in [6, 6.07) is -0.408. The molecule has 0 aliphatic heterocycles. The molecule has 61 heavy (non-hydrogen) atoms. The topological polar surface area (TPSA) is 403 Å². The van der Waals surface area contributed by atoms with Gasteiger partial charge in [0.2, 0.25) is 35.4 Å². The van der Waals surface area contributed by atoms with Gasteiger partial charge in [-0.1, -0.05) is 45.9 Å². The average molecular weight is 859 g/mol. The third-order valence-corrected chi connectivity index (χ3v) is 9.34. The number of H-pyrrole nitrogens is 1. The summed E-state index contributed by atoms with van der Waals surface area (Å²) in [6.07, 6.45) is 2.36. The van der Waals surface area contributed by atoms with Gasteiger partial charge in [0.05, 0.1) is 12.6 Å². The number of aliphatic imine (C=N–C) groups is 2. The van der Waals surface area contributed by atoms with Crippen molar-refractivity contribution in [3.05, 3.63) is 36.0 Å². The molecular weight excluding hydrogens is 797 g/mol. The number of aromatic nitrogens is 1. The number of nitrogens with one attached hydrogen (secondary N) is 7. The number of hydrogen-bond donors (Lipinski definition) is 14. The van der Waals surface area contributed by atoms with Crippen LogP contribution in [0.3, 0.4) is 0 Å². The highest BCUT2D eigenvalue weighted by atomic mass is 16.4. The highest BCUT2D eigenvalue weighted by Gasteiger charge is 2.34. The molecule has 6 unspecified atom stereocenters. The van der Waals surface area contributed by atoms with Crippen molar-refractivity contribution in [1.29, 1.82) is 0 Å². The van der Waals surface area contributed by atoms with E-state index in [2.05, 4.69) is 46.9 Å². The number of hydrogen-bond acceptors (Lipinski definition) is 11. The van der Waals surface area contributed by atoms with Gasteiger partial charge >= 0.3 is 5.97 Å². The van der Waals surface area contributed by atoms with Crippen LogP contribution in [-0.4, -0.2) is 131 Å². The van der Waals surface area contributed by atoms with E-state index in [4.69, 9.17) is 28.7 Å². The van der Waals surface area contributed by atoms with Crippen molar-refractivity contribution in [3.8, 4) is 0 Å². The molecule has 338 valence electrons. The Labute approximate surface area is 353 Å². The van der Waals surface area contributed by atoms with Gasteiger partial charge < -0.3 is 75.8 Å². The zero-order valence-corrected chi connectivity index (χ0v) is 34.9. The first-order chi connectivity index (χ1) is 28.7. The quantitative estimate of drug-likeness (QED) is 0.0244. The zero-order valence-electron chi connectivity index (χ0n) is 34.9. The molecule has 19 N–H and O–H groups in total. The van der Waals surface area contributed by atoms with Gasteiger partial charge in [0.25, 0.3) is 0 Å². The minimum atomic E-state index is -1.57. The molecule has 0 radical (unpaired) electrons. The third kappa shape index (κ3) is 17.3. The maximum atomic E-state index is 13.9. The van der Waals surface area contributed by atoms with E-state index in [1.54, 1.807) is 40.0 Å². The summed E-state index contributed by atoms with van der Waals surface area (Å²) < 4.78 is 0. The van der Waals surface area contributed by atoms with Gasteiger partial charge in [0.1, 0.15) is 36.8 Å². The van der Waals surface area contributed by atoms with Crippen LogP contribution in [0.2, 0.25) is 0 Å². The van der Waals surface area contributed by atoms with Crippen LogP contribution in [0.4, 0.5) is 0 Å². The number of benzene rings is 1. The minimum Gasteiger partial charge on any atom is -0.480 e. The Morgan fingerprint density at radius 3 is 1.72 bits per heavy atom. The molecule has 0 spiro atoms. The number of nitrogens with zero attached hydrogens (tertiary/aromatic N) is 2. The number of aromatic amines is 1. The van der Waals surface area contributed by atoms with Crippen molar-refractivity contribution in [2.75, 3.05) is 26.2 Å². The molecule has 1 aromatic heterocycles. The predicted octanol–water partition coefficient (Wildman–Crippen LogP) is -3.93.